The van der Waals surface area contributed by atoms with Crippen LogP contribution in [0.25, 0.3) is 21.2 Å². The summed E-state index contributed by atoms with van der Waals surface area (Å²) in [6, 6.07) is 11.9. The van der Waals surface area contributed by atoms with Crippen molar-refractivity contribution in [2.24, 2.45) is 0 Å². The highest BCUT2D eigenvalue weighted by atomic mass is 32.1. The van der Waals surface area contributed by atoms with Crippen LogP contribution in [0.15, 0.2) is 54.3 Å². The van der Waals surface area contributed by atoms with Crippen LogP contribution in [-0.4, -0.2) is 39.0 Å². The number of aromatic hydroxyl groups is 1. The maximum Gasteiger partial charge on any atom is 0.272 e. The van der Waals surface area contributed by atoms with Gasteiger partial charge < -0.3 is 19.7 Å². The van der Waals surface area contributed by atoms with Gasteiger partial charge in [-0.1, -0.05) is 18.2 Å². The number of hydrogen-bond acceptors (Lipinski definition) is 5. The Morgan fingerprint density at radius 1 is 1.29 bits per heavy atom. The van der Waals surface area contributed by atoms with Crippen molar-refractivity contribution in [3.8, 4) is 22.6 Å². The standard InChI is InChI=1S/C21H17N3O3S/c25-18-8-13(16-11-28-19-4-2-1-3-15(16)19)7-14-10-24(5-6-27-20(14)18)21(26)17-9-22-12-23-17/h1-4,7-9,11-12,25H,5-6,10H2,(H,22,23). The number of nitrogens with zero attached hydrogens (tertiary/aromatic N) is 2. The maximum absolute atomic E-state index is 12.7. The second-order valence-electron chi connectivity index (χ2n) is 6.67. The van der Waals surface area contributed by atoms with Crippen LogP contribution >= 0.6 is 11.3 Å². The Kier molecular flexibility index (Phi) is 4.02. The summed E-state index contributed by atoms with van der Waals surface area (Å²) in [4.78, 5) is 21.2. The number of H-pyrrole nitrogens is 1. The molecule has 7 heteroatoms. The lowest BCUT2D eigenvalue weighted by atomic mass is 10.0. The Bertz CT molecular complexity index is 1170. The van der Waals surface area contributed by atoms with Crippen molar-refractivity contribution >= 4 is 27.3 Å². The van der Waals surface area contributed by atoms with Gasteiger partial charge in [-0.25, -0.2) is 4.98 Å². The third-order valence-electron chi connectivity index (χ3n) is 4.92. The molecule has 5 rings (SSSR count). The van der Waals surface area contributed by atoms with E-state index in [0.717, 1.165) is 22.1 Å². The van der Waals surface area contributed by atoms with E-state index in [1.54, 1.807) is 22.3 Å². The summed E-state index contributed by atoms with van der Waals surface area (Å²) in [7, 11) is 0. The van der Waals surface area contributed by atoms with Gasteiger partial charge in [0.2, 0.25) is 0 Å². The molecule has 0 spiro atoms. The van der Waals surface area contributed by atoms with Crippen LogP contribution in [0.2, 0.25) is 0 Å². The lowest BCUT2D eigenvalue weighted by Gasteiger charge is -2.19. The first-order valence-corrected chi connectivity index (χ1v) is 9.81. The van der Waals surface area contributed by atoms with Crippen LogP contribution in [0.5, 0.6) is 11.5 Å². The smallest absolute Gasteiger partial charge is 0.272 e. The zero-order valence-electron chi connectivity index (χ0n) is 14.9. The number of rotatable bonds is 2. The molecular weight excluding hydrogens is 374 g/mol. The number of ether oxygens (including phenoxy) is 1. The molecule has 0 bridgehead atoms. The van der Waals surface area contributed by atoms with Gasteiger partial charge in [0.15, 0.2) is 11.5 Å². The number of aromatic nitrogens is 2. The Morgan fingerprint density at radius 3 is 3.04 bits per heavy atom. The summed E-state index contributed by atoms with van der Waals surface area (Å²) < 4.78 is 6.96. The topological polar surface area (TPSA) is 78.5 Å². The summed E-state index contributed by atoms with van der Waals surface area (Å²) in [5, 5.41) is 13.8. The predicted molar refractivity (Wildman–Crippen MR) is 108 cm³/mol. The number of amides is 1. The van der Waals surface area contributed by atoms with Gasteiger partial charge in [-0.15, -0.1) is 11.3 Å². The summed E-state index contributed by atoms with van der Waals surface area (Å²) in [6.07, 6.45) is 3.00. The van der Waals surface area contributed by atoms with Gasteiger partial charge in [-0.05, 0) is 29.1 Å². The molecule has 0 fully saturated rings. The number of benzene rings is 2. The molecule has 0 atom stereocenters. The molecule has 1 aliphatic heterocycles. The molecule has 0 unspecified atom stereocenters. The summed E-state index contributed by atoms with van der Waals surface area (Å²) in [6.45, 7) is 1.11. The molecule has 4 aromatic rings. The highest BCUT2D eigenvalue weighted by Gasteiger charge is 2.24. The lowest BCUT2D eigenvalue weighted by molar-refractivity contribution is 0.0728. The number of nitrogens with one attached hydrogen (secondary N) is 1. The van der Waals surface area contributed by atoms with Crippen molar-refractivity contribution in [2.75, 3.05) is 13.2 Å². The van der Waals surface area contributed by atoms with Crippen LogP contribution in [-0.2, 0) is 6.54 Å². The van der Waals surface area contributed by atoms with E-state index in [1.807, 2.05) is 18.2 Å². The minimum atomic E-state index is -0.139. The van der Waals surface area contributed by atoms with E-state index >= 15 is 0 Å². The predicted octanol–water partition coefficient (Wildman–Crippen LogP) is 4.03. The molecule has 0 aliphatic carbocycles. The first-order valence-electron chi connectivity index (χ1n) is 8.93. The molecule has 6 nitrogen and oxygen atoms in total. The van der Waals surface area contributed by atoms with Crippen LogP contribution in [0, 0.1) is 0 Å². The molecule has 2 aromatic carbocycles. The normalized spacial score (nSPS) is 13.8. The van der Waals surface area contributed by atoms with Gasteiger partial charge in [-0.2, -0.15) is 0 Å². The van der Waals surface area contributed by atoms with Crippen LogP contribution < -0.4 is 4.74 Å². The number of hydrogen-bond donors (Lipinski definition) is 2. The Balaban J connectivity index is 1.56. The minimum absolute atomic E-state index is 0.0959. The van der Waals surface area contributed by atoms with Crippen molar-refractivity contribution in [2.45, 2.75) is 6.54 Å². The van der Waals surface area contributed by atoms with Crippen molar-refractivity contribution in [3.63, 3.8) is 0 Å². The zero-order valence-corrected chi connectivity index (χ0v) is 15.7. The second-order valence-corrected chi connectivity index (χ2v) is 7.58. The first-order chi connectivity index (χ1) is 13.7. The van der Waals surface area contributed by atoms with Gasteiger partial charge >= 0.3 is 0 Å². The fourth-order valence-corrected chi connectivity index (χ4v) is 4.54. The fourth-order valence-electron chi connectivity index (χ4n) is 3.57. The van der Waals surface area contributed by atoms with Crippen molar-refractivity contribution in [1.82, 2.24) is 14.9 Å². The van der Waals surface area contributed by atoms with E-state index < -0.39 is 0 Å². The van der Waals surface area contributed by atoms with Gasteiger partial charge in [0, 0.05) is 27.8 Å². The number of aromatic amines is 1. The fraction of sp³-hybridized carbons (Fsp3) is 0.143. The number of phenolic OH excluding ortho intramolecular Hbond substituents is 1. The third kappa shape index (κ3) is 2.80. The first kappa shape index (κ1) is 16.8. The van der Waals surface area contributed by atoms with E-state index in [0.29, 0.717) is 31.1 Å². The zero-order chi connectivity index (χ0) is 19.1. The molecule has 0 radical (unpaired) electrons. The summed E-state index contributed by atoms with van der Waals surface area (Å²) in [5.74, 6) is 0.404. The summed E-state index contributed by atoms with van der Waals surface area (Å²) in [5.41, 5.74) is 3.20. The van der Waals surface area contributed by atoms with Crippen molar-refractivity contribution < 1.29 is 14.6 Å². The van der Waals surface area contributed by atoms with Gasteiger partial charge in [0.1, 0.15) is 12.3 Å². The number of imidazole rings is 1. The van der Waals surface area contributed by atoms with Crippen LogP contribution in [0.3, 0.4) is 0 Å². The Labute approximate surface area is 165 Å². The molecular formula is C21H17N3O3S. The largest absolute Gasteiger partial charge is 0.504 e. The average Bonchev–Trinajstić information content (AvgIpc) is 3.33. The number of carbonyl (C=O) groups excluding carboxylic acids is 1. The quantitative estimate of drug-likeness (QED) is 0.541. The maximum atomic E-state index is 12.7. The van der Waals surface area contributed by atoms with Gasteiger partial charge in [-0.3, -0.25) is 4.79 Å². The van der Waals surface area contributed by atoms with Gasteiger partial charge in [0.05, 0.1) is 19.1 Å². The second kappa shape index (κ2) is 6.69. The molecule has 0 saturated heterocycles. The molecule has 0 saturated carbocycles. The van der Waals surface area contributed by atoms with E-state index in [2.05, 4.69) is 27.5 Å². The Morgan fingerprint density at radius 2 is 2.18 bits per heavy atom. The van der Waals surface area contributed by atoms with Gasteiger partial charge in [0.25, 0.3) is 5.91 Å². The van der Waals surface area contributed by atoms with E-state index in [1.165, 1.54) is 17.2 Å². The van der Waals surface area contributed by atoms with Crippen molar-refractivity contribution in [1.29, 1.82) is 0 Å². The molecule has 3 heterocycles. The van der Waals surface area contributed by atoms with E-state index in [-0.39, 0.29) is 11.7 Å². The highest BCUT2D eigenvalue weighted by Crippen LogP contribution is 2.41. The monoisotopic (exact) mass is 391 g/mol. The average molecular weight is 391 g/mol. The number of phenols is 1. The van der Waals surface area contributed by atoms with E-state index in [4.69, 9.17) is 4.74 Å². The minimum Gasteiger partial charge on any atom is -0.504 e. The number of thiophene rings is 1. The molecule has 1 aliphatic rings. The highest BCUT2D eigenvalue weighted by molar-refractivity contribution is 7.17. The molecule has 1 amide bonds. The molecule has 28 heavy (non-hydrogen) atoms. The SMILES string of the molecule is O=C(c1cnc[nH]1)N1CCOc2c(O)cc(-c3csc4ccccc34)cc2C1. The summed E-state index contributed by atoms with van der Waals surface area (Å²) >= 11 is 1.67. The molecule has 2 N–H and O–H groups in total. The third-order valence-corrected chi connectivity index (χ3v) is 5.89. The number of fused-ring (bicyclic) bond motifs is 2. The molecule has 2 aromatic heterocycles. The Hall–Kier alpha value is -3.32. The molecule has 140 valence electrons. The van der Waals surface area contributed by atoms with Crippen molar-refractivity contribution in [3.05, 3.63) is 65.6 Å². The van der Waals surface area contributed by atoms with Crippen LogP contribution in [0.4, 0.5) is 0 Å². The number of carbonyl (C=O) groups is 1. The van der Waals surface area contributed by atoms with E-state index in [9.17, 15) is 9.90 Å². The van der Waals surface area contributed by atoms with Crippen LogP contribution in [0.1, 0.15) is 16.1 Å². The lowest BCUT2D eigenvalue weighted by Crippen LogP contribution is -2.32.